The minimum atomic E-state index is -0.284. The summed E-state index contributed by atoms with van der Waals surface area (Å²) in [6.45, 7) is 1.88. The van der Waals surface area contributed by atoms with Gasteiger partial charge in [-0.2, -0.15) is 4.98 Å². The Bertz CT molecular complexity index is 1110. The second-order valence-corrected chi connectivity index (χ2v) is 6.60. The lowest BCUT2D eigenvalue weighted by molar-refractivity contribution is -0.118. The molecular formula is C21H16ClN3O3. The Morgan fingerprint density at radius 3 is 2.79 bits per heavy atom. The Labute approximate surface area is 166 Å². The molecule has 7 heteroatoms. The Kier molecular flexibility index (Phi) is 4.95. The molecule has 0 saturated heterocycles. The third-order valence-corrected chi connectivity index (χ3v) is 4.37. The standard InChI is InChI=1S/C21H16ClN3O3/c1-13-4-7-15(8-5-13)27-12-19(26)24-14-6-9-17(22)16(11-14)21-25-20-18(28-21)3-2-10-23-20/h2-11H,12H2,1H3,(H,24,26). The van der Waals surface area contributed by atoms with Crippen molar-refractivity contribution in [2.45, 2.75) is 6.92 Å². The molecule has 0 aliphatic rings. The van der Waals surface area contributed by atoms with Crippen LogP contribution in [-0.4, -0.2) is 22.5 Å². The van der Waals surface area contributed by atoms with Crippen molar-refractivity contribution in [1.29, 1.82) is 0 Å². The molecule has 0 atom stereocenters. The van der Waals surface area contributed by atoms with Gasteiger partial charge in [0.05, 0.1) is 10.6 Å². The first-order valence-electron chi connectivity index (χ1n) is 8.59. The number of carbonyl (C=O) groups excluding carboxylic acids is 1. The molecule has 28 heavy (non-hydrogen) atoms. The summed E-state index contributed by atoms with van der Waals surface area (Å²) in [5.74, 6) is 0.690. The Balaban J connectivity index is 1.48. The quantitative estimate of drug-likeness (QED) is 0.523. The van der Waals surface area contributed by atoms with Gasteiger partial charge in [0.15, 0.2) is 17.8 Å². The number of nitrogens with zero attached hydrogens (tertiary/aromatic N) is 2. The van der Waals surface area contributed by atoms with Gasteiger partial charge in [-0.1, -0.05) is 29.3 Å². The van der Waals surface area contributed by atoms with Gasteiger partial charge in [0.25, 0.3) is 5.91 Å². The number of oxazole rings is 1. The van der Waals surface area contributed by atoms with Crippen molar-refractivity contribution in [2.75, 3.05) is 11.9 Å². The first kappa shape index (κ1) is 18.0. The number of pyridine rings is 1. The van der Waals surface area contributed by atoms with E-state index >= 15 is 0 Å². The number of ether oxygens (including phenoxy) is 1. The molecule has 4 rings (SSSR count). The van der Waals surface area contributed by atoms with Crippen molar-refractivity contribution in [2.24, 2.45) is 0 Å². The highest BCUT2D eigenvalue weighted by Crippen LogP contribution is 2.31. The van der Waals surface area contributed by atoms with Crippen LogP contribution >= 0.6 is 11.6 Å². The molecule has 140 valence electrons. The van der Waals surface area contributed by atoms with Crippen LogP contribution in [0.5, 0.6) is 5.75 Å². The molecule has 4 aromatic rings. The fourth-order valence-electron chi connectivity index (χ4n) is 2.63. The van der Waals surface area contributed by atoms with Gasteiger partial charge in [-0.05, 0) is 49.4 Å². The second kappa shape index (κ2) is 7.70. The van der Waals surface area contributed by atoms with Gasteiger partial charge < -0.3 is 14.5 Å². The van der Waals surface area contributed by atoms with E-state index in [2.05, 4.69) is 15.3 Å². The second-order valence-electron chi connectivity index (χ2n) is 6.19. The van der Waals surface area contributed by atoms with Crippen LogP contribution in [0.3, 0.4) is 0 Å². The van der Waals surface area contributed by atoms with Crippen molar-refractivity contribution in [1.82, 2.24) is 9.97 Å². The summed E-state index contributed by atoms with van der Waals surface area (Å²) >= 11 is 6.29. The zero-order valence-electron chi connectivity index (χ0n) is 15.0. The summed E-state index contributed by atoms with van der Waals surface area (Å²) in [6, 6.07) is 16.1. The zero-order chi connectivity index (χ0) is 19.5. The monoisotopic (exact) mass is 393 g/mol. The lowest BCUT2D eigenvalue weighted by atomic mass is 10.2. The van der Waals surface area contributed by atoms with E-state index in [1.54, 1.807) is 36.5 Å². The van der Waals surface area contributed by atoms with Gasteiger partial charge >= 0.3 is 0 Å². The third-order valence-electron chi connectivity index (χ3n) is 4.04. The Hall–Kier alpha value is -3.38. The van der Waals surface area contributed by atoms with Crippen LogP contribution in [0.4, 0.5) is 5.69 Å². The summed E-state index contributed by atoms with van der Waals surface area (Å²) in [5, 5.41) is 3.25. The van der Waals surface area contributed by atoms with Gasteiger partial charge in [0, 0.05) is 11.9 Å². The molecule has 0 fully saturated rings. The van der Waals surface area contributed by atoms with Gasteiger partial charge in [0.2, 0.25) is 5.89 Å². The number of aromatic nitrogens is 2. The van der Waals surface area contributed by atoms with Crippen LogP contribution in [0.2, 0.25) is 5.02 Å². The first-order valence-corrected chi connectivity index (χ1v) is 8.97. The van der Waals surface area contributed by atoms with Gasteiger partial charge in [-0.3, -0.25) is 4.79 Å². The number of anilines is 1. The van der Waals surface area contributed by atoms with Crippen LogP contribution in [0.25, 0.3) is 22.7 Å². The smallest absolute Gasteiger partial charge is 0.262 e. The lowest BCUT2D eigenvalue weighted by Gasteiger charge is -2.09. The predicted molar refractivity (Wildman–Crippen MR) is 108 cm³/mol. The van der Waals surface area contributed by atoms with E-state index < -0.39 is 0 Å². The maximum absolute atomic E-state index is 12.2. The topological polar surface area (TPSA) is 77.2 Å². The molecular weight excluding hydrogens is 378 g/mol. The average molecular weight is 394 g/mol. The van der Waals surface area contributed by atoms with Crippen LogP contribution in [0, 0.1) is 6.92 Å². The van der Waals surface area contributed by atoms with Crippen molar-refractivity contribution in [3.63, 3.8) is 0 Å². The Morgan fingerprint density at radius 2 is 2.00 bits per heavy atom. The molecule has 0 aliphatic heterocycles. The molecule has 2 aromatic heterocycles. The molecule has 0 bridgehead atoms. The minimum Gasteiger partial charge on any atom is -0.484 e. The highest BCUT2D eigenvalue weighted by molar-refractivity contribution is 6.33. The van der Waals surface area contributed by atoms with Crippen molar-refractivity contribution >= 4 is 34.4 Å². The van der Waals surface area contributed by atoms with E-state index in [1.165, 1.54) is 0 Å². The Morgan fingerprint density at radius 1 is 1.18 bits per heavy atom. The number of halogens is 1. The SMILES string of the molecule is Cc1ccc(OCC(=O)Nc2ccc(Cl)c(-c3nc4ncccc4o3)c2)cc1. The molecule has 0 aliphatic carbocycles. The average Bonchev–Trinajstić information content (AvgIpc) is 3.13. The summed E-state index contributed by atoms with van der Waals surface area (Å²) in [4.78, 5) is 20.7. The van der Waals surface area contributed by atoms with Crippen molar-refractivity contribution < 1.29 is 13.9 Å². The first-order chi connectivity index (χ1) is 13.6. The van der Waals surface area contributed by atoms with Crippen LogP contribution < -0.4 is 10.1 Å². The number of nitrogens with one attached hydrogen (secondary N) is 1. The summed E-state index contributed by atoms with van der Waals surface area (Å²) in [7, 11) is 0. The molecule has 0 spiro atoms. The number of aryl methyl sites for hydroxylation is 1. The van der Waals surface area contributed by atoms with Crippen molar-refractivity contribution in [3.05, 3.63) is 71.4 Å². The molecule has 0 radical (unpaired) electrons. The fourth-order valence-corrected chi connectivity index (χ4v) is 2.83. The highest BCUT2D eigenvalue weighted by Gasteiger charge is 2.14. The molecule has 6 nitrogen and oxygen atoms in total. The largest absolute Gasteiger partial charge is 0.484 e. The number of benzene rings is 2. The minimum absolute atomic E-state index is 0.103. The molecule has 1 amide bonds. The highest BCUT2D eigenvalue weighted by atomic mass is 35.5. The van der Waals surface area contributed by atoms with E-state index in [0.717, 1.165) is 5.56 Å². The van der Waals surface area contributed by atoms with E-state index in [9.17, 15) is 4.79 Å². The lowest BCUT2D eigenvalue weighted by Crippen LogP contribution is -2.20. The molecule has 0 unspecified atom stereocenters. The normalized spacial score (nSPS) is 10.8. The molecule has 2 heterocycles. The molecule has 2 aromatic carbocycles. The predicted octanol–water partition coefficient (Wildman–Crippen LogP) is 4.87. The number of amides is 1. The van der Waals surface area contributed by atoms with E-state index in [1.807, 2.05) is 31.2 Å². The zero-order valence-corrected chi connectivity index (χ0v) is 15.7. The summed E-state index contributed by atoms with van der Waals surface area (Å²) in [6.07, 6.45) is 1.64. The van der Waals surface area contributed by atoms with E-state index in [0.29, 0.717) is 39.1 Å². The number of hydrogen-bond acceptors (Lipinski definition) is 5. The number of fused-ring (bicyclic) bond motifs is 1. The van der Waals surface area contributed by atoms with Gasteiger partial charge in [-0.15, -0.1) is 0 Å². The fraction of sp³-hybridized carbons (Fsp3) is 0.0952. The van der Waals surface area contributed by atoms with Crippen LogP contribution in [0.1, 0.15) is 5.56 Å². The number of rotatable bonds is 5. The van der Waals surface area contributed by atoms with Crippen LogP contribution in [0.15, 0.2) is 65.2 Å². The van der Waals surface area contributed by atoms with Gasteiger partial charge in [0.1, 0.15) is 5.75 Å². The number of carbonyl (C=O) groups is 1. The third kappa shape index (κ3) is 3.97. The molecule has 0 saturated carbocycles. The van der Waals surface area contributed by atoms with Crippen LogP contribution in [-0.2, 0) is 4.79 Å². The summed E-state index contributed by atoms with van der Waals surface area (Å²) in [5.41, 5.74) is 3.31. The molecule has 1 N–H and O–H groups in total. The van der Waals surface area contributed by atoms with E-state index in [4.69, 9.17) is 20.8 Å². The maximum Gasteiger partial charge on any atom is 0.262 e. The summed E-state index contributed by atoms with van der Waals surface area (Å²) < 4.78 is 11.2. The maximum atomic E-state index is 12.2. The van der Waals surface area contributed by atoms with Crippen molar-refractivity contribution in [3.8, 4) is 17.2 Å². The van der Waals surface area contributed by atoms with E-state index in [-0.39, 0.29) is 12.5 Å². The number of hydrogen-bond donors (Lipinski definition) is 1. The van der Waals surface area contributed by atoms with Gasteiger partial charge in [-0.25, -0.2) is 4.98 Å².